The third-order valence-electron chi connectivity index (χ3n) is 4.21. The van der Waals surface area contributed by atoms with E-state index in [1.807, 2.05) is 24.3 Å². The first-order chi connectivity index (χ1) is 12.0. The summed E-state index contributed by atoms with van der Waals surface area (Å²) in [5.41, 5.74) is 1.74. The number of nitrogens with zero attached hydrogens (tertiary/aromatic N) is 1. The fraction of sp³-hybridized carbons (Fsp3) is 0.263. The van der Waals surface area contributed by atoms with Crippen LogP contribution in [-0.2, 0) is 16.1 Å². The summed E-state index contributed by atoms with van der Waals surface area (Å²) >= 11 is 3.43. The molecule has 0 unspecified atom stereocenters. The molecule has 1 heterocycles. The zero-order chi connectivity index (χ0) is 17.8. The van der Waals surface area contributed by atoms with E-state index in [1.165, 1.54) is 0 Å². The normalized spacial score (nSPS) is 16.8. The van der Waals surface area contributed by atoms with E-state index in [0.717, 1.165) is 15.8 Å². The van der Waals surface area contributed by atoms with Crippen LogP contribution >= 0.6 is 15.9 Å². The molecule has 2 aromatic rings. The lowest BCUT2D eigenvalue weighted by Crippen LogP contribution is -2.28. The van der Waals surface area contributed by atoms with Crippen LogP contribution in [0.1, 0.15) is 12.0 Å². The van der Waals surface area contributed by atoms with Gasteiger partial charge in [0.1, 0.15) is 5.75 Å². The number of amides is 2. The van der Waals surface area contributed by atoms with Crippen LogP contribution in [0.4, 0.5) is 5.69 Å². The minimum Gasteiger partial charge on any atom is -0.497 e. The van der Waals surface area contributed by atoms with E-state index in [4.69, 9.17) is 4.74 Å². The second-order valence-corrected chi connectivity index (χ2v) is 6.94. The van der Waals surface area contributed by atoms with E-state index in [0.29, 0.717) is 18.8 Å². The van der Waals surface area contributed by atoms with E-state index in [1.54, 1.807) is 36.3 Å². The standard InChI is InChI=1S/C19H19BrN2O3/c1-25-17-7-5-16(6-8-17)21-19(24)14-10-18(23)22(12-14)11-13-3-2-4-15(20)9-13/h2-9,14H,10-12H2,1H3,(H,21,24)/t14-/m0/s1. The van der Waals surface area contributed by atoms with Crippen molar-refractivity contribution in [2.45, 2.75) is 13.0 Å². The van der Waals surface area contributed by atoms with Gasteiger partial charge in [0.25, 0.3) is 0 Å². The van der Waals surface area contributed by atoms with Crippen molar-refractivity contribution in [3.8, 4) is 5.75 Å². The summed E-state index contributed by atoms with van der Waals surface area (Å²) in [5.74, 6) is 0.279. The maximum Gasteiger partial charge on any atom is 0.229 e. The molecule has 2 amide bonds. The lowest BCUT2D eigenvalue weighted by atomic mass is 10.1. The Labute approximate surface area is 155 Å². The number of ether oxygens (including phenoxy) is 1. The van der Waals surface area contributed by atoms with Crippen LogP contribution in [0.25, 0.3) is 0 Å². The van der Waals surface area contributed by atoms with Gasteiger partial charge in [0.2, 0.25) is 11.8 Å². The second kappa shape index (κ2) is 7.70. The number of hydrogen-bond donors (Lipinski definition) is 1. The number of halogens is 1. The topological polar surface area (TPSA) is 58.6 Å². The molecule has 0 aromatic heterocycles. The molecule has 1 aliphatic rings. The van der Waals surface area contributed by atoms with Crippen molar-refractivity contribution in [1.82, 2.24) is 4.90 Å². The molecule has 1 N–H and O–H groups in total. The number of likely N-dealkylation sites (tertiary alicyclic amines) is 1. The molecule has 1 aliphatic heterocycles. The molecule has 0 aliphatic carbocycles. The van der Waals surface area contributed by atoms with Crippen molar-refractivity contribution in [2.24, 2.45) is 5.92 Å². The predicted octanol–water partition coefficient (Wildman–Crippen LogP) is 3.44. The number of benzene rings is 2. The van der Waals surface area contributed by atoms with Gasteiger partial charge >= 0.3 is 0 Å². The van der Waals surface area contributed by atoms with Crippen molar-refractivity contribution >= 4 is 33.4 Å². The highest BCUT2D eigenvalue weighted by Crippen LogP contribution is 2.23. The maximum atomic E-state index is 12.4. The van der Waals surface area contributed by atoms with Crippen LogP contribution in [0, 0.1) is 5.92 Å². The highest BCUT2D eigenvalue weighted by atomic mass is 79.9. The molecule has 130 valence electrons. The van der Waals surface area contributed by atoms with E-state index in [2.05, 4.69) is 21.2 Å². The first-order valence-corrected chi connectivity index (χ1v) is 8.81. The van der Waals surface area contributed by atoms with Gasteiger partial charge in [0.15, 0.2) is 0 Å². The summed E-state index contributed by atoms with van der Waals surface area (Å²) in [6, 6.07) is 15.0. The van der Waals surface area contributed by atoms with Crippen LogP contribution in [-0.4, -0.2) is 30.4 Å². The fourth-order valence-electron chi connectivity index (χ4n) is 2.87. The summed E-state index contributed by atoms with van der Waals surface area (Å²) in [4.78, 5) is 26.4. The van der Waals surface area contributed by atoms with Gasteiger partial charge in [-0.05, 0) is 42.0 Å². The van der Waals surface area contributed by atoms with Gasteiger partial charge in [0.05, 0.1) is 13.0 Å². The molecule has 1 saturated heterocycles. The van der Waals surface area contributed by atoms with Gasteiger partial charge in [-0.1, -0.05) is 28.1 Å². The summed E-state index contributed by atoms with van der Waals surface area (Å²) in [6.45, 7) is 0.956. The maximum absolute atomic E-state index is 12.4. The smallest absolute Gasteiger partial charge is 0.229 e. The molecular weight excluding hydrogens is 384 g/mol. The van der Waals surface area contributed by atoms with Crippen LogP contribution in [0.15, 0.2) is 53.0 Å². The molecular formula is C19H19BrN2O3. The Morgan fingerprint density at radius 2 is 2.04 bits per heavy atom. The van der Waals surface area contributed by atoms with Crippen molar-refractivity contribution in [3.05, 3.63) is 58.6 Å². The van der Waals surface area contributed by atoms with E-state index in [-0.39, 0.29) is 24.2 Å². The van der Waals surface area contributed by atoms with Crippen LogP contribution in [0.3, 0.4) is 0 Å². The minimum absolute atomic E-state index is 0.00913. The zero-order valence-corrected chi connectivity index (χ0v) is 15.5. The average molecular weight is 403 g/mol. The SMILES string of the molecule is COc1ccc(NC(=O)[C@H]2CC(=O)N(Cc3cccc(Br)c3)C2)cc1. The number of carbonyl (C=O) groups excluding carboxylic acids is 2. The molecule has 0 spiro atoms. The largest absolute Gasteiger partial charge is 0.497 e. The molecule has 25 heavy (non-hydrogen) atoms. The average Bonchev–Trinajstić information content (AvgIpc) is 2.96. The molecule has 3 rings (SSSR count). The minimum atomic E-state index is -0.332. The Morgan fingerprint density at radius 1 is 1.28 bits per heavy atom. The Balaban J connectivity index is 1.60. The lowest BCUT2D eigenvalue weighted by molar-refractivity contribution is -0.128. The first kappa shape index (κ1) is 17.5. The predicted molar refractivity (Wildman–Crippen MR) is 99.3 cm³/mol. The molecule has 0 saturated carbocycles. The Hall–Kier alpha value is -2.34. The molecule has 0 bridgehead atoms. The molecule has 1 fully saturated rings. The highest BCUT2D eigenvalue weighted by molar-refractivity contribution is 9.10. The van der Waals surface area contributed by atoms with Gasteiger partial charge in [-0.2, -0.15) is 0 Å². The monoisotopic (exact) mass is 402 g/mol. The van der Waals surface area contributed by atoms with E-state index >= 15 is 0 Å². The third-order valence-corrected chi connectivity index (χ3v) is 4.70. The van der Waals surface area contributed by atoms with Gasteiger partial charge < -0.3 is 15.0 Å². The Bertz CT molecular complexity index is 776. The number of hydrogen-bond acceptors (Lipinski definition) is 3. The Kier molecular flexibility index (Phi) is 5.38. The number of carbonyl (C=O) groups is 2. The summed E-state index contributed by atoms with van der Waals surface area (Å²) < 4.78 is 6.08. The Morgan fingerprint density at radius 3 is 2.72 bits per heavy atom. The fourth-order valence-corrected chi connectivity index (χ4v) is 3.32. The van der Waals surface area contributed by atoms with Gasteiger partial charge in [-0.25, -0.2) is 0 Å². The molecule has 5 nitrogen and oxygen atoms in total. The first-order valence-electron chi connectivity index (χ1n) is 8.02. The van der Waals surface area contributed by atoms with Gasteiger partial charge in [-0.3, -0.25) is 9.59 Å². The van der Waals surface area contributed by atoms with Gasteiger partial charge in [-0.15, -0.1) is 0 Å². The van der Waals surface area contributed by atoms with E-state index < -0.39 is 0 Å². The highest BCUT2D eigenvalue weighted by Gasteiger charge is 2.34. The second-order valence-electron chi connectivity index (χ2n) is 6.02. The number of rotatable bonds is 5. The molecule has 2 aromatic carbocycles. The van der Waals surface area contributed by atoms with Gasteiger partial charge in [0, 0.05) is 29.7 Å². The summed E-state index contributed by atoms with van der Waals surface area (Å²) in [6.07, 6.45) is 0.246. The van der Waals surface area contributed by atoms with Crippen LogP contribution in [0.5, 0.6) is 5.75 Å². The van der Waals surface area contributed by atoms with Crippen LogP contribution < -0.4 is 10.1 Å². The van der Waals surface area contributed by atoms with Crippen molar-refractivity contribution < 1.29 is 14.3 Å². The molecule has 1 atom stereocenters. The van der Waals surface area contributed by atoms with Crippen molar-refractivity contribution in [3.63, 3.8) is 0 Å². The third kappa shape index (κ3) is 4.39. The van der Waals surface area contributed by atoms with E-state index in [9.17, 15) is 9.59 Å². The molecule has 6 heteroatoms. The lowest BCUT2D eigenvalue weighted by Gasteiger charge is -2.17. The van der Waals surface area contributed by atoms with Crippen molar-refractivity contribution in [1.29, 1.82) is 0 Å². The number of anilines is 1. The quantitative estimate of drug-likeness (QED) is 0.832. The summed E-state index contributed by atoms with van der Waals surface area (Å²) in [5, 5.41) is 2.87. The summed E-state index contributed by atoms with van der Waals surface area (Å²) in [7, 11) is 1.59. The molecule has 0 radical (unpaired) electrons. The number of nitrogens with one attached hydrogen (secondary N) is 1. The zero-order valence-electron chi connectivity index (χ0n) is 13.9. The van der Waals surface area contributed by atoms with Crippen molar-refractivity contribution in [2.75, 3.05) is 19.0 Å². The number of methoxy groups -OCH3 is 1. The van der Waals surface area contributed by atoms with Crippen LogP contribution in [0.2, 0.25) is 0 Å².